The number of hydrogen-bond acceptors (Lipinski definition) is 4. The van der Waals surface area contributed by atoms with Crippen molar-refractivity contribution in [3.05, 3.63) is 24.2 Å². The van der Waals surface area contributed by atoms with E-state index in [1.165, 1.54) is 12.5 Å². The number of hydrogen-bond donors (Lipinski definition) is 2. The topological polar surface area (TPSA) is 80.6 Å². The van der Waals surface area contributed by atoms with Gasteiger partial charge < -0.3 is 19.8 Å². The lowest BCUT2D eigenvalue weighted by Gasteiger charge is -2.05. The van der Waals surface area contributed by atoms with Crippen LogP contribution < -0.4 is 10.6 Å². The van der Waals surface area contributed by atoms with Gasteiger partial charge in [0.2, 0.25) is 0 Å². The second-order valence-electron chi connectivity index (χ2n) is 2.97. The minimum Gasteiger partial charge on any atom is -0.472 e. The van der Waals surface area contributed by atoms with Crippen molar-refractivity contribution in [2.24, 2.45) is 0 Å². The molecular formula is C10H14N2O4. The summed E-state index contributed by atoms with van der Waals surface area (Å²) in [4.78, 5) is 22.1. The molecule has 1 heterocycles. The molecular weight excluding hydrogens is 212 g/mol. The van der Waals surface area contributed by atoms with Gasteiger partial charge in [0.1, 0.15) is 6.54 Å². The maximum Gasteiger partial charge on any atom is 0.325 e. The largest absolute Gasteiger partial charge is 0.472 e. The van der Waals surface area contributed by atoms with Crippen molar-refractivity contribution in [2.75, 3.05) is 13.2 Å². The highest BCUT2D eigenvalue weighted by molar-refractivity contribution is 5.80. The molecule has 0 radical (unpaired) electrons. The summed E-state index contributed by atoms with van der Waals surface area (Å²) < 4.78 is 9.48. The van der Waals surface area contributed by atoms with E-state index in [4.69, 9.17) is 4.42 Å². The van der Waals surface area contributed by atoms with Crippen molar-refractivity contribution in [1.29, 1.82) is 0 Å². The van der Waals surface area contributed by atoms with Gasteiger partial charge in [-0.2, -0.15) is 0 Å². The zero-order chi connectivity index (χ0) is 11.8. The number of carbonyl (C=O) groups is 2. The molecule has 6 heteroatoms. The maximum absolute atomic E-state index is 11.2. The molecule has 1 aromatic heterocycles. The fourth-order valence-corrected chi connectivity index (χ4v) is 1.00. The van der Waals surface area contributed by atoms with Crippen LogP contribution in [0.4, 0.5) is 4.79 Å². The summed E-state index contributed by atoms with van der Waals surface area (Å²) in [5, 5.41) is 4.94. The van der Waals surface area contributed by atoms with E-state index in [0.29, 0.717) is 13.2 Å². The summed E-state index contributed by atoms with van der Waals surface area (Å²) in [5.41, 5.74) is 0.853. The molecule has 0 saturated carbocycles. The van der Waals surface area contributed by atoms with Gasteiger partial charge in [0, 0.05) is 12.1 Å². The molecule has 0 atom stereocenters. The zero-order valence-corrected chi connectivity index (χ0v) is 8.99. The van der Waals surface area contributed by atoms with Crippen LogP contribution in [0.1, 0.15) is 12.5 Å². The van der Waals surface area contributed by atoms with E-state index in [1.54, 1.807) is 13.0 Å². The number of esters is 1. The third kappa shape index (κ3) is 4.50. The molecule has 1 aromatic rings. The molecule has 0 aliphatic carbocycles. The van der Waals surface area contributed by atoms with Gasteiger partial charge in [-0.05, 0) is 13.0 Å². The number of ether oxygens (including phenoxy) is 1. The van der Waals surface area contributed by atoms with Crippen LogP contribution in [0.3, 0.4) is 0 Å². The van der Waals surface area contributed by atoms with Gasteiger partial charge in [0.25, 0.3) is 0 Å². The van der Waals surface area contributed by atoms with Crippen LogP contribution in [0.5, 0.6) is 0 Å². The SMILES string of the molecule is CCOC(=O)CNC(=O)NCc1ccoc1. The van der Waals surface area contributed by atoms with E-state index in [0.717, 1.165) is 5.56 Å². The van der Waals surface area contributed by atoms with E-state index < -0.39 is 12.0 Å². The lowest BCUT2D eigenvalue weighted by atomic mass is 10.3. The van der Waals surface area contributed by atoms with E-state index >= 15 is 0 Å². The predicted molar refractivity (Wildman–Crippen MR) is 55.6 cm³/mol. The van der Waals surface area contributed by atoms with Crippen LogP contribution in [-0.2, 0) is 16.1 Å². The Morgan fingerprint density at radius 3 is 2.88 bits per heavy atom. The average Bonchev–Trinajstić information content (AvgIpc) is 2.77. The van der Waals surface area contributed by atoms with Gasteiger partial charge >= 0.3 is 12.0 Å². The van der Waals surface area contributed by atoms with Crippen molar-refractivity contribution in [3.8, 4) is 0 Å². The molecule has 2 amide bonds. The Hall–Kier alpha value is -1.98. The number of carbonyl (C=O) groups excluding carboxylic acids is 2. The van der Waals surface area contributed by atoms with Crippen molar-refractivity contribution in [1.82, 2.24) is 10.6 Å². The lowest BCUT2D eigenvalue weighted by molar-refractivity contribution is -0.141. The first-order chi connectivity index (χ1) is 7.72. The first kappa shape index (κ1) is 12.1. The molecule has 0 aliphatic heterocycles. The fraction of sp³-hybridized carbons (Fsp3) is 0.400. The highest BCUT2D eigenvalue weighted by Crippen LogP contribution is 1.97. The second-order valence-corrected chi connectivity index (χ2v) is 2.97. The third-order valence-electron chi connectivity index (χ3n) is 1.73. The smallest absolute Gasteiger partial charge is 0.325 e. The molecule has 1 rings (SSSR count). The number of furan rings is 1. The van der Waals surface area contributed by atoms with Crippen LogP contribution in [0.25, 0.3) is 0 Å². The third-order valence-corrected chi connectivity index (χ3v) is 1.73. The van der Waals surface area contributed by atoms with E-state index in [1.807, 2.05) is 0 Å². The number of rotatable bonds is 5. The zero-order valence-electron chi connectivity index (χ0n) is 8.99. The van der Waals surface area contributed by atoms with Crippen LogP contribution in [-0.4, -0.2) is 25.2 Å². The highest BCUT2D eigenvalue weighted by atomic mass is 16.5. The first-order valence-corrected chi connectivity index (χ1v) is 4.90. The van der Waals surface area contributed by atoms with Gasteiger partial charge in [-0.25, -0.2) is 4.79 Å². The summed E-state index contributed by atoms with van der Waals surface area (Å²) in [6.07, 6.45) is 3.05. The van der Waals surface area contributed by atoms with Crippen molar-refractivity contribution < 1.29 is 18.7 Å². The standard InChI is InChI=1S/C10H14N2O4/c1-2-16-9(13)6-12-10(14)11-5-8-3-4-15-7-8/h3-4,7H,2,5-6H2,1H3,(H2,11,12,14). The van der Waals surface area contributed by atoms with Crippen LogP contribution in [0.15, 0.2) is 23.0 Å². The summed E-state index contributed by atoms with van der Waals surface area (Å²) in [6, 6.07) is 1.32. The van der Waals surface area contributed by atoms with Crippen LogP contribution in [0, 0.1) is 0 Å². The molecule has 0 bridgehead atoms. The molecule has 0 aliphatic rings. The molecule has 16 heavy (non-hydrogen) atoms. The van der Waals surface area contributed by atoms with Gasteiger partial charge in [0.05, 0.1) is 19.1 Å². The Bertz CT molecular complexity index is 335. The van der Waals surface area contributed by atoms with Gasteiger partial charge in [-0.3, -0.25) is 4.79 Å². The number of urea groups is 1. The summed E-state index contributed by atoms with van der Waals surface area (Å²) >= 11 is 0. The molecule has 88 valence electrons. The molecule has 0 fully saturated rings. The van der Waals surface area contributed by atoms with E-state index in [9.17, 15) is 9.59 Å². The molecule has 6 nitrogen and oxygen atoms in total. The Morgan fingerprint density at radius 2 is 2.25 bits per heavy atom. The highest BCUT2D eigenvalue weighted by Gasteiger charge is 2.05. The predicted octanol–water partition coefficient (Wildman–Crippen LogP) is 0.642. The molecule has 0 spiro atoms. The van der Waals surface area contributed by atoms with Gasteiger partial charge in [0.15, 0.2) is 0 Å². The summed E-state index contributed by atoms with van der Waals surface area (Å²) in [7, 11) is 0. The van der Waals surface area contributed by atoms with Gasteiger partial charge in [-0.1, -0.05) is 0 Å². The van der Waals surface area contributed by atoms with Crippen LogP contribution in [0.2, 0.25) is 0 Å². The molecule has 2 N–H and O–H groups in total. The first-order valence-electron chi connectivity index (χ1n) is 4.90. The molecule has 0 aromatic carbocycles. The molecule has 0 unspecified atom stereocenters. The summed E-state index contributed by atoms with van der Waals surface area (Å²) in [6.45, 7) is 2.23. The second kappa shape index (κ2) is 6.49. The Labute approximate surface area is 93.0 Å². The fourth-order valence-electron chi connectivity index (χ4n) is 1.00. The Kier molecular flexibility index (Phi) is 4.91. The quantitative estimate of drug-likeness (QED) is 0.722. The van der Waals surface area contributed by atoms with Gasteiger partial charge in [-0.15, -0.1) is 0 Å². The minimum absolute atomic E-state index is 0.134. The number of nitrogens with one attached hydrogen (secondary N) is 2. The average molecular weight is 226 g/mol. The van der Waals surface area contributed by atoms with E-state index in [-0.39, 0.29) is 6.54 Å². The van der Waals surface area contributed by atoms with Crippen molar-refractivity contribution in [3.63, 3.8) is 0 Å². The molecule has 0 saturated heterocycles. The normalized spacial score (nSPS) is 9.56. The Balaban J connectivity index is 2.14. The lowest BCUT2D eigenvalue weighted by Crippen LogP contribution is -2.38. The van der Waals surface area contributed by atoms with Crippen molar-refractivity contribution >= 4 is 12.0 Å². The summed E-state index contributed by atoms with van der Waals surface area (Å²) in [5.74, 6) is -0.457. The maximum atomic E-state index is 11.2. The van der Waals surface area contributed by atoms with Crippen LogP contribution >= 0.6 is 0 Å². The monoisotopic (exact) mass is 226 g/mol. The minimum atomic E-state index is -0.457. The number of amides is 2. The Morgan fingerprint density at radius 1 is 1.44 bits per heavy atom. The van der Waals surface area contributed by atoms with Crippen molar-refractivity contribution in [2.45, 2.75) is 13.5 Å². The van der Waals surface area contributed by atoms with E-state index in [2.05, 4.69) is 15.4 Å².